The molecule has 0 aliphatic rings. The van der Waals surface area contributed by atoms with Crippen LogP contribution in [0.25, 0.3) is 0 Å². The molecule has 7 nitrogen and oxygen atoms in total. The Bertz CT molecular complexity index is 602. The first-order chi connectivity index (χ1) is 11.2. The zero-order valence-electron chi connectivity index (χ0n) is 13.6. The third-order valence-electron chi connectivity index (χ3n) is 2.68. The molecule has 25 heavy (non-hydrogen) atoms. The first kappa shape index (κ1) is 23.9. The molecule has 11 heteroatoms. The molecule has 142 valence electrons. The number of benzene rings is 1. The van der Waals surface area contributed by atoms with Gasteiger partial charge in [-0.3, -0.25) is 15.6 Å². The van der Waals surface area contributed by atoms with Crippen molar-refractivity contribution in [3.8, 4) is 5.75 Å². The van der Waals surface area contributed by atoms with Crippen molar-refractivity contribution in [1.82, 2.24) is 10.4 Å². The van der Waals surface area contributed by atoms with Crippen LogP contribution in [0.15, 0.2) is 12.1 Å². The Hall–Kier alpha value is -1.12. The van der Waals surface area contributed by atoms with Crippen molar-refractivity contribution in [2.75, 3.05) is 13.2 Å². The highest BCUT2D eigenvalue weighted by atomic mass is 35.5. The Morgan fingerprint density at radius 3 is 2.40 bits per heavy atom. The molecule has 0 aliphatic carbocycles. The lowest BCUT2D eigenvalue weighted by atomic mass is 10.3. The number of rotatable bonds is 7. The highest BCUT2D eigenvalue weighted by Gasteiger charge is 2.16. The standard InChI is InChI=1S/C14H19Cl3N4O3.ClH/c1-8(2)21(13(18)20-14(19)22)24-5-3-4-23-12-7-10(16)9(15)6-11(12)17;/h6-8H,3-5H2,1-2H3,(H4,18,19,20,22);1H. The third-order valence-corrected chi connectivity index (χ3v) is 3.70. The first-order valence-electron chi connectivity index (χ1n) is 7.07. The Kier molecular flexibility index (Phi) is 11.0. The number of amides is 2. The van der Waals surface area contributed by atoms with E-state index in [1.165, 1.54) is 11.1 Å². The van der Waals surface area contributed by atoms with Gasteiger partial charge in [-0.1, -0.05) is 34.8 Å². The SMILES string of the molecule is CC(C)N(OCCCOc1cc(Cl)c(Cl)cc1Cl)C(=N)NC(N)=O.Cl. The fraction of sp³-hybridized carbons (Fsp3) is 0.429. The second kappa shape index (κ2) is 11.5. The quantitative estimate of drug-likeness (QED) is 0.198. The number of primary amides is 1. The van der Waals surface area contributed by atoms with E-state index >= 15 is 0 Å². The number of nitrogens with one attached hydrogen (secondary N) is 2. The molecular weight excluding hydrogens is 414 g/mol. The lowest BCUT2D eigenvalue weighted by Gasteiger charge is -2.27. The minimum atomic E-state index is -0.827. The highest BCUT2D eigenvalue weighted by Crippen LogP contribution is 2.33. The summed E-state index contributed by atoms with van der Waals surface area (Å²) in [6.07, 6.45) is 0.518. The van der Waals surface area contributed by atoms with Crippen molar-refractivity contribution in [3.63, 3.8) is 0 Å². The van der Waals surface area contributed by atoms with Gasteiger partial charge < -0.3 is 10.5 Å². The van der Waals surface area contributed by atoms with Crippen LogP contribution < -0.4 is 15.8 Å². The van der Waals surface area contributed by atoms with Gasteiger partial charge in [-0.15, -0.1) is 12.4 Å². The summed E-state index contributed by atoms with van der Waals surface area (Å²) in [6, 6.07) is 2.07. The maximum absolute atomic E-state index is 10.8. The Morgan fingerprint density at radius 2 is 1.84 bits per heavy atom. The van der Waals surface area contributed by atoms with Crippen LogP contribution in [0.5, 0.6) is 5.75 Å². The van der Waals surface area contributed by atoms with E-state index in [1.54, 1.807) is 6.07 Å². The van der Waals surface area contributed by atoms with Crippen molar-refractivity contribution >= 4 is 59.2 Å². The molecule has 0 aromatic heterocycles. The molecule has 0 radical (unpaired) electrons. The normalized spacial score (nSPS) is 10.2. The largest absolute Gasteiger partial charge is 0.492 e. The maximum atomic E-state index is 10.8. The van der Waals surface area contributed by atoms with E-state index in [-0.39, 0.29) is 31.0 Å². The molecule has 1 aromatic carbocycles. The summed E-state index contributed by atoms with van der Waals surface area (Å²) < 4.78 is 5.52. The predicted molar refractivity (Wildman–Crippen MR) is 102 cm³/mol. The monoisotopic (exact) mass is 432 g/mol. The van der Waals surface area contributed by atoms with E-state index in [0.29, 0.717) is 33.8 Å². The van der Waals surface area contributed by atoms with E-state index in [9.17, 15) is 4.79 Å². The number of hydrogen-bond donors (Lipinski definition) is 3. The number of carbonyl (C=O) groups is 1. The molecule has 0 heterocycles. The number of urea groups is 1. The van der Waals surface area contributed by atoms with Crippen LogP contribution in [0, 0.1) is 5.41 Å². The minimum absolute atomic E-state index is 0. The Labute approximate surface area is 167 Å². The van der Waals surface area contributed by atoms with Crippen LogP contribution in [0.3, 0.4) is 0 Å². The average Bonchev–Trinajstić information content (AvgIpc) is 2.46. The summed E-state index contributed by atoms with van der Waals surface area (Å²) in [6.45, 7) is 4.20. The van der Waals surface area contributed by atoms with Gasteiger partial charge in [0.05, 0.1) is 34.3 Å². The van der Waals surface area contributed by atoms with Gasteiger partial charge in [0.1, 0.15) is 5.75 Å². The van der Waals surface area contributed by atoms with Gasteiger partial charge in [0, 0.05) is 12.5 Å². The number of nitrogens with two attached hydrogens (primary N) is 1. The number of carbonyl (C=O) groups excluding carboxylic acids is 1. The van der Waals surface area contributed by atoms with Crippen LogP contribution >= 0.6 is 47.2 Å². The van der Waals surface area contributed by atoms with Crippen LogP contribution in [0.2, 0.25) is 15.1 Å². The van der Waals surface area contributed by atoms with Gasteiger partial charge in [-0.25, -0.2) is 9.86 Å². The van der Waals surface area contributed by atoms with Gasteiger partial charge in [-0.2, -0.15) is 0 Å². The third kappa shape index (κ3) is 8.20. The smallest absolute Gasteiger partial charge is 0.318 e. The first-order valence-corrected chi connectivity index (χ1v) is 8.20. The van der Waals surface area contributed by atoms with Crippen molar-refractivity contribution in [1.29, 1.82) is 5.41 Å². The number of ether oxygens (including phenoxy) is 1. The molecular formula is C14H20Cl4N4O3. The average molecular weight is 434 g/mol. The molecule has 2 amide bonds. The number of halogens is 4. The lowest BCUT2D eigenvalue weighted by molar-refractivity contribution is -0.125. The molecule has 0 unspecified atom stereocenters. The van der Waals surface area contributed by atoms with Crippen LogP contribution in [0.4, 0.5) is 4.79 Å². The Morgan fingerprint density at radius 1 is 1.24 bits per heavy atom. The van der Waals surface area contributed by atoms with E-state index in [1.807, 2.05) is 13.8 Å². The summed E-state index contributed by atoms with van der Waals surface area (Å²) in [5, 5.41) is 12.2. The number of guanidine groups is 1. The Balaban J connectivity index is 0.00000576. The summed E-state index contributed by atoms with van der Waals surface area (Å²) in [7, 11) is 0. The van der Waals surface area contributed by atoms with E-state index in [2.05, 4.69) is 5.32 Å². The molecule has 0 fully saturated rings. The van der Waals surface area contributed by atoms with Crippen molar-refractivity contribution < 1.29 is 14.4 Å². The zero-order chi connectivity index (χ0) is 18.3. The molecule has 0 saturated carbocycles. The fourth-order valence-corrected chi connectivity index (χ4v) is 2.25. The molecule has 0 spiro atoms. The van der Waals surface area contributed by atoms with Gasteiger partial charge >= 0.3 is 6.03 Å². The van der Waals surface area contributed by atoms with E-state index in [0.717, 1.165) is 0 Å². The molecule has 1 rings (SSSR count). The molecule has 1 aromatic rings. The topological polar surface area (TPSA) is 101 Å². The second-order valence-electron chi connectivity index (χ2n) is 4.99. The number of nitrogens with zero attached hydrogens (tertiary/aromatic N) is 1. The molecule has 0 atom stereocenters. The van der Waals surface area contributed by atoms with Crippen molar-refractivity contribution in [2.24, 2.45) is 5.73 Å². The summed E-state index contributed by atoms with van der Waals surface area (Å²) >= 11 is 17.8. The molecule has 0 saturated heterocycles. The van der Waals surface area contributed by atoms with E-state index < -0.39 is 6.03 Å². The lowest BCUT2D eigenvalue weighted by Crippen LogP contribution is -2.48. The molecule has 0 bridgehead atoms. The van der Waals surface area contributed by atoms with Gasteiger partial charge in [-0.05, 0) is 19.9 Å². The summed E-state index contributed by atoms with van der Waals surface area (Å²) in [5.41, 5.74) is 4.98. The van der Waals surface area contributed by atoms with Crippen molar-refractivity contribution in [3.05, 3.63) is 27.2 Å². The summed E-state index contributed by atoms with van der Waals surface area (Å²) in [5.74, 6) is 0.195. The second-order valence-corrected chi connectivity index (χ2v) is 6.21. The van der Waals surface area contributed by atoms with Crippen LogP contribution in [-0.2, 0) is 4.84 Å². The van der Waals surface area contributed by atoms with Gasteiger partial charge in [0.15, 0.2) is 0 Å². The van der Waals surface area contributed by atoms with Gasteiger partial charge in [0.2, 0.25) is 5.96 Å². The summed E-state index contributed by atoms with van der Waals surface area (Å²) in [4.78, 5) is 16.2. The van der Waals surface area contributed by atoms with E-state index in [4.69, 9.17) is 55.5 Å². The zero-order valence-corrected chi connectivity index (χ0v) is 16.7. The van der Waals surface area contributed by atoms with Crippen molar-refractivity contribution in [2.45, 2.75) is 26.3 Å². The van der Waals surface area contributed by atoms with Gasteiger partial charge in [0.25, 0.3) is 0 Å². The van der Waals surface area contributed by atoms with Crippen LogP contribution in [-0.4, -0.2) is 36.3 Å². The maximum Gasteiger partial charge on any atom is 0.318 e. The number of hydroxylamine groups is 2. The number of hydrogen-bond acceptors (Lipinski definition) is 4. The fourth-order valence-electron chi connectivity index (χ4n) is 1.66. The minimum Gasteiger partial charge on any atom is -0.492 e. The molecule has 4 N–H and O–H groups in total. The molecule has 0 aliphatic heterocycles. The van der Waals surface area contributed by atoms with Crippen LogP contribution in [0.1, 0.15) is 20.3 Å². The predicted octanol–water partition coefficient (Wildman–Crippen LogP) is 4.08. The highest BCUT2D eigenvalue weighted by molar-refractivity contribution is 6.43.